The van der Waals surface area contributed by atoms with Gasteiger partial charge < -0.3 is 4.90 Å². The first-order valence-corrected chi connectivity index (χ1v) is 17.8. The van der Waals surface area contributed by atoms with Crippen molar-refractivity contribution in [2.24, 2.45) is 0 Å². The summed E-state index contributed by atoms with van der Waals surface area (Å²) in [6, 6.07) is 9.88. The van der Waals surface area contributed by atoms with Crippen LogP contribution in [0.15, 0.2) is 30.5 Å². The maximum atomic E-state index is 2.54. The molecule has 224 valence electrons. The normalized spacial score (nSPS) is 15.0. The van der Waals surface area contributed by atoms with Crippen LogP contribution in [-0.2, 0) is 0 Å². The zero-order valence-corrected chi connectivity index (χ0v) is 26.8. The lowest BCUT2D eigenvalue weighted by molar-refractivity contribution is 0.304. The molecule has 0 saturated carbocycles. The van der Waals surface area contributed by atoms with E-state index in [9.17, 15) is 0 Å². The molecule has 0 fully saturated rings. The average Bonchev–Trinajstić information content (AvgIpc) is 2.95. The zero-order valence-electron chi connectivity index (χ0n) is 26.8. The van der Waals surface area contributed by atoms with E-state index in [0.717, 1.165) is 0 Å². The Bertz CT molecular complexity index is 719. The molecule has 1 aromatic rings. The molecule has 39 heavy (non-hydrogen) atoms. The Morgan fingerprint density at radius 3 is 1.41 bits per heavy atom. The first-order chi connectivity index (χ1) is 19.3. The molecule has 0 bridgehead atoms. The molecule has 0 amide bonds. The molecule has 0 aliphatic carbocycles. The van der Waals surface area contributed by atoms with Gasteiger partial charge in [-0.3, -0.25) is 0 Å². The van der Waals surface area contributed by atoms with Crippen molar-refractivity contribution in [2.45, 2.75) is 187 Å². The molecule has 0 N–H and O–H groups in total. The number of nitrogens with zero attached hydrogens (tertiary/aromatic N) is 1. The molecule has 1 aliphatic rings. The molecular formula is C38H67N. The van der Waals surface area contributed by atoms with Crippen molar-refractivity contribution in [1.29, 1.82) is 0 Å². The van der Waals surface area contributed by atoms with E-state index < -0.39 is 0 Å². The molecule has 1 aliphatic heterocycles. The van der Waals surface area contributed by atoms with Gasteiger partial charge in [0.1, 0.15) is 0 Å². The zero-order chi connectivity index (χ0) is 27.8. The van der Waals surface area contributed by atoms with Gasteiger partial charge in [0.05, 0.1) is 6.04 Å². The summed E-state index contributed by atoms with van der Waals surface area (Å²) < 4.78 is 0. The highest BCUT2D eigenvalue weighted by Crippen LogP contribution is 2.38. The largest absolute Gasteiger partial charge is 0.373 e. The van der Waals surface area contributed by atoms with Gasteiger partial charge >= 0.3 is 0 Å². The maximum Gasteiger partial charge on any atom is 0.0539 e. The van der Waals surface area contributed by atoms with Crippen LogP contribution in [0.2, 0.25) is 0 Å². The van der Waals surface area contributed by atoms with Crippen molar-refractivity contribution in [3.8, 4) is 0 Å². The molecule has 2 rings (SSSR count). The molecule has 1 heteroatoms. The number of hydrogen-bond acceptors (Lipinski definition) is 1. The summed E-state index contributed by atoms with van der Waals surface area (Å²) in [5, 5.41) is 0. The van der Waals surface area contributed by atoms with Gasteiger partial charge in [-0.15, -0.1) is 0 Å². The Hall–Kier alpha value is -1.24. The second-order valence-electron chi connectivity index (χ2n) is 12.7. The van der Waals surface area contributed by atoms with Crippen molar-refractivity contribution in [2.75, 3.05) is 7.05 Å². The second-order valence-corrected chi connectivity index (χ2v) is 12.7. The third-order valence-corrected chi connectivity index (χ3v) is 9.15. The lowest BCUT2D eigenvalue weighted by Crippen LogP contribution is -2.24. The number of unbranched alkanes of at least 4 members (excludes halogenated alkanes) is 22. The predicted molar refractivity (Wildman–Crippen MR) is 176 cm³/mol. The highest BCUT2D eigenvalue weighted by Gasteiger charge is 2.24. The van der Waals surface area contributed by atoms with Crippen LogP contribution < -0.4 is 0 Å². The van der Waals surface area contributed by atoms with Crippen molar-refractivity contribution in [3.05, 3.63) is 41.6 Å². The van der Waals surface area contributed by atoms with E-state index in [0.29, 0.717) is 6.04 Å². The molecule has 1 unspecified atom stereocenters. The average molecular weight is 538 g/mol. The minimum absolute atomic E-state index is 0.565. The SMILES string of the molecule is CCCCCCCCCCCCCCC1=CN(C)C(CCCCCCCCCCCCCC)c2ccccc21. The first-order valence-electron chi connectivity index (χ1n) is 17.8. The minimum atomic E-state index is 0.565. The third kappa shape index (κ3) is 15.4. The van der Waals surface area contributed by atoms with Crippen molar-refractivity contribution in [1.82, 2.24) is 4.90 Å². The molecule has 1 aromatic carbocycles. The van der Waals surface area contributed by atoms with Crippen molar-refractivity contribution < 1.29 is 0 Å². The summed E-state index contributed by atoms with van der Waals surface area (Å²) in [6.45, 7) is 4.61. The Morgan fingerprint density at radius 2 is 0.923 bits per heavy atom. The summed E-state index contributed by atoms with van der Waals surface area (Å²) in [5.74, 6) is 0. The smallest absolute Gasteiger partial charge is 0.0539 e. The summed E-state index contributed by atoms with van der Waals surface area (Å²) in [7, 11) is 2.32. The maximum absolute atomic E-state index is 2.54. The van der Waals surface area contributed by atoms with E-state index >= 15 is 0 Å². The quantitative estimate of drug-likeness (QED) is 0.106. The van der Waals surface area contributed by atoms with E-state index in [-0.39, 0.29) is 0 Å². The summed E-state index contributed by atoms with van der Waals surface area (Å²) in [4.78, 5) is 2.54. The highest BCUT2D eigenvalue weighted by atomic mass is 15.1. The lowest BCUT2D eigenvalue weighted by Gasteiger charge is -2.35. The van der Waals surface area contributed by atoms with Crippen LogP contribution in [0.5, 0.6) is 0 Å². The number of hydrogen-bond donors (Lipinski definition) is 0. The van der Waals surface area contributed by atoms with Crippen LogP contribution in [0.25, 0.3) is 5.57 Å². The summed E-state index contributed by atoms with van der Waals surface area (Å²) in [6.07, 6.45) is 39.3. The molecular weight excluding hydrogens is 470 g/mol. The van der Waals surface area contributed by atoms with Crippen LogP contribution in [0.1, 0.15) is 198 Å². The van der Waals surface area contributed by atoms with Gasteiger partial charge in [0.2, 0.25) is 0 Å². The number of benzene rings is 1. The summed E-state index contributed by atoms with van der Waals surface area (Å²) in [5.41, 5.74) is 4.70. The van der Waals surface area contributed by atoms with E-state index in [1.54, 1.807) is 16.7 Å². The molecule has 0 aromatic heterocycles. The topological polar surface area (TPSA) is 3.24 Å². The first kappa shape index (κ1) is 34.0. The van der Waals surface area contributed by atoms with Gasteiger partial charge in [0.15, 0.2) is 0 Å². The van der Waals surface area contributed by atoms with Gasteiger partial charge in [-0.2, -0.15) is 0 Å². The number of fused-ring (bicyclic) bond motifs is 1. The fourth-order valence-electron chi connectivity index (χ4n) is 6.60. The van der Waals surface area contributed by atoms with Gasteiger partial charge in [-0.05, 0) is 36.0 Å². The van der Waals surface area contributed by atoms with Crippen LogP contribution in [0, 0.1) is 0 Å². The third-order valence-electron chi connectivity index (χ3n) is 9.15. The van der Waals surface area contributed by atoms with E-state index in [2.05, 4.69) is 56.3 Å². The monoisotopic (exact) mass is 538 g/mol. The molecule has 0 radical (unpaired) electrons. The molecule has 0 saturated heterocycles. The van der Waals surface area contributed by atoms with Crippen LogP contribution in [0.4, 0.5) is 0 Å². The predicted octanol–water partition coefficient (Wildman–Crippen LogP) is 13.2. The van der Waals surface area contributed by atoms with Gasteiger partial charge in [-0.25, -0.2) is 0 Å². The van der Waals surface area contributed by atoms with E-state index in [1.807, 2.05) is 0 Å². The Kier molecular flexibility index (Phi) is 20.4. The minimum Gasteiger partial charge on any atom is -0.373 e. The highest BCUT2D eigenvalue weighted by molar-refractivity contribution is 5.70. The van der Waals surface area contributed by atoms with Gasteiger partial charge in [-0.1, -0.05) is 186 Å². The standard InChI is InChI=1S/C38H67N/c1-4-6-8-10-12-14-16-18-20-22-24-26-30-35-34-39(3)38(37-32-29-28-31-36(35)37)33-27-25-23-21-19-17-15-13-11-9-7-5-2/h28-29,31-32,34,38H,4-27,30,33H2,1-3H3. The van der Waals surface area contributed by atoms with Crippen LogP contribution in [0.3, 0.4) is 0 Å². The Morgan fingerprint density at radius 1 is 0.513 bits per heavy atom. The molecule has 0 spiro atoms. The Balaban J connectivity index is 1.57. The molecule has 1 atom stereocenters. The second kappa shape index (κ2) is 23.5. The number of rotatable bonds is 26. The van der Waals surface area contributed by atoms with Gasteiger partial charge in [0.25, 0.3) is 0 Å². The van der Waals surface area contributed by atoms with Crippen molar-refractivity contribution >= 4 is 5.57 Å². The number of allylic oxidation sites excluding steroid dienone is 1. The lowest BCUT2D eigenvalue weighted by atomic mass is 9.86. The van der Waals surface area contributed by atoms with Crippen molar-refractivity contribution in [3.63, 3.8) is 0 Å². The van der Waals surface area contributed by atoms with Crippen LogP contribution >= 0.6 is 0 Å². The molecule has 1 nitrogen and oxygen atoms in total. The van der Waals surface area contributed by atoms with Crippen LogP contribution in [-0.4, -0.2) is 11.9 Å². The molecule has 1 heterocycles. The fourth-order valence-corrected chi connectivity index (χ4v) is 6.60. The van der Waals surface area contributed by atoms with E-state index in [4.69, 9.17) is 0 Å². The summed E-state index contributed by atoms with van der Waals surface area (Å²) >= 11 is 0. The Labute approximate surface area is 245 Å². The van der Waals surface area contributed by atoms with E-state index in [1.165, 1.54) is 167 Å². The fraction of sp³-hybridized carbons (Fsp3) is 0.789. The van der Waals surface area contributed by atoms with Gasteiger partial charge in [0, 0.05) is 13.2 Å².